The molecule has 30 heavy (non-hydrogen) atoms. The number of nitrogens with zero attached hydrogens (tertiary/aromatic N) is 2. The van der Waals surface area contributed by atoms with Gasteiger partial charge in [-0.3, -0.25) is 28.1 Å². The molecule has 0 aliphatic heterocycles. The quantitative estimate of drug-likeness (QED) is 0.153. The third-order valence-electron chi connectivity index (χ3n) is 4.72. The molecule has 0 aromatic carbocycles. The zero-order chi connectivity index (χ0) is 23.4. The van der Waals surface area contributed by atoms with Gasteiger partial charge in [0.25, 0.3) is 0 Å². The number of rotatable bonds is 12. The highest BCUT2D eigenvalue weighted by Crippen LogP contribution is 2.43. The van der Waals surface area contributed by atoms with Crippen molar-refractivity contribution in [3.63, 3.8) is 0 Å². The average Bonchev–Trinajstić information content (AvgIpc) is 2.52. The van der Waals surface area contributed by atoms with Crippen molar-refractivity contribution < 1.29 is 57.4 Å². The normalized spacial score (nSPS) is 22.1. The van der Waals surface area contributed by atoms with Gasteiger partial charge in [0.05, 0.1) is 12.3 Å². The molecule has 1 fully saturated rings. The van der Waals surface area contributed by atoms with Gasteiger partial charge in [-0.2, -0.15) is 0 Å². The Hall–Kier alpha value is 0.520. The van der Waals surface area contributed by atoms with Gasteiger partial charge in [-0.15, -0.1) is 0 Å². The molecule has 180 valence electrons. The van der Waals surface area contributed by atoms with Crippen molar-refractivity contribution in [1.82, 2.24) is 9.80 Å². The smallest absolute Gasteiger partial charge is 0.324 e. The highest BCUT2D eigenvalue weighted by molar-refractivity contribution is 7.52. The average molecular weight is 518 g/mol. The first-order valence-electron chi connectivity index (χ1n) is 9.03. The van der Waals surface area contributed by atoms with Gasteiger partial charge in [-0.05, 0) is 12.8 Å². The van der Waals surface area contributed by atoms with E-state index in [4.69, 9.17) is 19.6 Å². The minimum Gasteiger partial charge on any atom is -0.324 e. The van der Waals surface area contributed by atoms with Gasteiger partial charge in [-0.25, -0.2) is 0 Å². The van der Waals surface area contributed by atoms with E-state index in [9.17, 15) is 37.8 Å². The van der Waals surface area contributed by atoms with E-state index in [-0.39, 0.29) is 13.1 Å². The third-order valence-corrected chi connectivity index (χ3v) is 7.75. The van der Waals surface area contributed by atoms with Crippen LogP contribution in [0.15, 0.2) is 0 Å². The van der Waals surface area contributed by atoms with E-state index in [1.807, 2.05) is 0 Å². The van der Waals surface area contributed by atoms with Crippen molar-refractivity contribution >= 4 is 30.4 Å². The van der Waals surface area contributed by atoms with Crippen molar-refractivity contribution in [2.45, 2.75) is 37.8 Å². The van der Waals surface area contributed by atoms with Gasteiger partial charge in [0.2, 0.25) is 0 Å². The lowest BCUT2D eigenvalue weighted by Gasteiger charge is -2.45. The minimum atomic E-state index is -4.63. The summed E-state index contributed by atoms with van der Waals surface area (Å²) in [6, 6.07) is -1.44. The molecule has 18 heteroatoms. The predicted molar refractivity (Wildman–Crippen MR) is 107 cm³/mol. The standard InChI is InChI=1S/C12H30N2O12P4/c15-27(16,17)7-5-13(9-29(21,22)23)11-3-1-2-4-12(11)14(10-30(24,25)26)6-8-28(18,19)20/h11-12H,1-10H2,(H2,15,16,17)(H2,18,19,20)(H2,21,22,23)(H2,24,25,26). The molecule has 1 aliphatic rings. The largest absolute Gasteiger partial charge is 0.339 e. The summed E-state index contributed by atoms with van der Waals surface area (Å²) in [5.41, 5.74) is 0. The molecule has 8 N–H and O–H groups in total. The van der Waals surface area contributed by atoms with E-state index in [1.54, 1.807) is 0 Å². The lowest BCUT2D eigenvalue weighted by atomic mass is 9.88. The van der Waals surface area contributed by atoms with Crippen molar-refractivity contribution in [2.75, 3.05) is 38.0 Å². The Kier molecular flexibility index (Phi) is 10.6. The molecule has 0 aromatic rings. The Morgan fingerprint density at radius 1 is 0.567 bits per heavy atom. The van der Waals surface area contributed by atoms with E-state index in [1.165, 1.54) is 9.80 Å². The molecule has 0 aromatic heterocycles. The summed E-state index contributed by atoms with van der Waals surface area (Å²) in [6.07, 6.45) is -1.08. The molecule has 1 rings (SSSR count). The molecule has 2 atom stereocenters. The zero-order valence-corrected chi connectivity index (χ0v) is 19.7. The molecular formula is C12H30N2O12P4. The highest BCUT2D eigenvalue weighted by Gasteiger charge is 2.39. The van der Waals surface area contributed by atoms with E-state index in [2.05, 4.69) is 0 Å². The Morgan fingerprint density at radius 2 is 0.867 bits per heavy atom. The second-order valence-corrected chi connectivity index (χ2v) is 14.2. The Balaban J connectivity index is 3.19. The summed E-state index contributed by atoms with van der Waals surface area (Å²) in [5, 5.41) is 0. The zero-order valence-electron chi connectivity index (χ0n) is 16.1. The number of hydrogen-bond donors (Lipinski definition) is 8. The maximum atomic E-state index is 11.6. The molecule has 1 saturated carbocycles. The molecule has 0 radical (unpaired) electrons. The summed E-state index contributed by atoms with van der Waals surface area (Å²) < 4.78 is 45.7. The van der Waals surface area contributed by atoms with Gasteiger partial charge < -0.3 is 39.1 Å². The maximum Gasteiger partial charge on any atom is 0.339 e. The van der Waals surface area contributed by atoms with Crippen LogP contribution in [0.5, 0.6) is 0 Å². The monoisotopic (exact) mass is 518 g/mol. The highest BCUT2D eigenvalue weighted by atomic mass is 31.2. The van der Waals surface area contributed by atoms with Gasteiger partial charge in [0.1, 0.15) is 12.6 Å². The fourth-order valence-electron chi connectivity index (χ4n) is 3.62. The third kappa shape index (κ3) is 12.5. The molecule has 0 amide bonds. The fourth-order valence-corrected chi connectivity index (χ4v) is 6.30. The molecular weight excluding hydrogens is 488 g/mol. The van der Waals surface area contributed by atoms with E-state index >= 15 is 0 Å². The van der Waals surface area contributed by atoms with Crippen LogP contribution in [-0.2, 0) is 18.3 Å². The van der Waals surface area contributed by atoms with E-state index in [0.717, 1.165) is 0 Å². The van der Waals surface area contributed by atoms with Crippen LogP contribution in [0.2, 0.25) is 0 Å². The maximum absolute atomic E-state index is 11.6. The van der Waals surface area contributed by atoms with Crippen molar-refractivity contribution in [3.8, 4) is 0 Å². The topological polar surface area (TPSA) is 237 Å². The Morgan fingerprint density at radius 3 is 1.10 bits per heavy atom. The van der Waals surface area contributed by atoms with Crippen LogP contribution in [-0.4, -0.2) is 99.0 Å². The van der Waals surface area contributed by atoms with Gasteiger partial charge in [-0.1, -0.05) is 12.8 Å². The second kappa shape index (κ2) is 11.1. The first-order chi connectivity index (χ1) is 13.4. The summed E-state index contributed by atoms with van der Waals surface area (Å²) in [5.74, 6) is 0. The van der Waals surface area contributed by atoms with Crippen molar-refractivity contribution in [3.05, 3.63) is 0 Å². The second-order valence-electron chi connectivity index (χ2n) is 7.43. The van der Waals surface area contributed by atoms with Crippen LogP contribution in [0, 0.1) is 0 Å². The van der Waals surface area contributed by atoms with Crippen LogP contribution in [0.25, 0.3) is 0 Å². The molecule has 0 spiro atoms. The Labute approximate surface area is 173 Å². The molecule has 2 unspecified atom stereocenters. The van der Waals surface area contributed by atoms with Crippen LogP contribution >= 0.6 is 30.4 Å². The Bertz CT molecular complexity index is 679. The summed E-state index contributed by atoms with van der Waals surface area (Å²) >= 11 is 0. The first kappa shape index (κ1) is 28.6. The van der Waals surface area contributed by atoms with Crippen molar-refractivity contribution in [2.24, 2.45) is 0 Å². The van der Waals surface area contributed by atoms with Crippen molar-refractivity contribution in [1.29, 1.82) is 0 Å². The summed E-state index contributed by atoms with van der Waals surface area (Å²) in [6.45, 7) is -0.725. The van der Waals surface area contributed by atoms with Crippen LogP contribution in [0.3, 0.4) is 0 Å². The fraction of sp³-hybridized carbons (Fsp3) is 1.00. The van der Waals surface area contributed by atoms with E-state index in [0.29, 0.717) is 25.7 Å². The number of hydrogen-bond acceptors (Lipinski definition) is 6. The molecule has 0 saturated heterocycles. The van der Waals surface area contributed by atoms with Gasteiger partial charge in [0, 0.05) is 25.2 Å². The molecule has 0 bridgehead atoms. The molecule has 1 aliphatic carbocycles. The van der Waals surface area contributed by atoms with Crippen LogP contribution in [0.4, 0.5) is 0 Å². The lowest BCUT2D eigenvalue weighted by molar-refractivity contribution is 0.0664. The minimum absolute atomic E-state index is 0.333. The SMILES string of the molecule is O=P(O)(O)CCN(CP(=O)(O)O)C1CCCCC1N(CCP(=O)(O)O)CP(=O)(O)O. The lowest BCUT2D eigenvalue weighted by Crippen LogP contribution is -2.55. The van der Waals surface area contributed by atoms with E-state index < -0.39 is 67.4 Å². The molecule has 0 heterocycles. The summed E-state index contributed by atoms with van der Waals surface area (Å²) in [7, 11) is -18.2. The van der Waals surface area contributed by atoms with Crippen LogP contribution in [0.1, 0.15) is 25.7 Å². The van der Waals surface area contributed by atoms with Gasteiger partial charge >= 0.3 is 30.4 Å². The van der Waals surface area contributed by atoms with Gasteiger partial charge in [0.15, 0.2) is 0 Å². The van der Waals surface area contributed by atoms with Crippen LogP contribution < -0.4 is 0 Å². The molecule has 14 nitrogen and oxygen atoms in total. The first-order valence-corrected chi connectivity index (χ1v) is 16.2. The summed E-state index contributed by atoms with van der Waals surface area (Å²) in [4.78, 5) is 76.6. The predicted octanol–water partition coefficient (Wildman–Crippen LogP) is -0.473.